The van der Waals surface area contributed by atoms with Crippen molar-refractivity contribution in [2.24, 2.45) is 5.92 Å². The number of urea groups is 1. The minimum atomic E-state index is -0.0825. The van der Waals surface area contributed by atoms with Gasteiger partial charge in [-0.3, -0.25) is 4.79 Å². The zero-order valence-electron chi connectivity index (χ0n) is 13.7. The van der Waals surface area contributed by atoms with E-state index in [-0.39, 0.29) is 17.9 Å². The summed E-state index contributed by atoms with van der Waals surface area (Å²) in [5.74, 6) is 0.579. The number of furan rings is 1. The molecule has 8 heteroatoms. The lowest BCUT2D eigenvalue weighted by molar-refractivity contribution is -0.121. The fraction of sp³-hybridized carbons (Fsp3) is 0.471. The summed E-state index contributed by atoms with van der Waals surface area (Å²) in [6.07, 6.45) is 5.12. The van der Waals surface area contributed by atoms with Crippen molar-refractivity contribution in [1.82, 2.24) is 15.2 Å². The number of hydrogen-bond acceptors (Lipinski definition) is 5. The molecule has 2 aromatic heterocycles. The highest BCUT2D eigenvalue weighted by Crippen LogP contribution is 2.27. The van der Waals surface area contributed by atoms with Crippen molar-refractivity contribution in [3.8, 4) is 11.5 Å². The number of carbonyl (C=O) groups is 2. The van der Waals surface area contributed by atoms with Gasteiger partial charge >= 0.3 is 6.03 Å². The second-order valence-corrected chi connectivity index (χ2v) is 7.35. The normalized spacial score (nSPS) is 18.2. The molecule has 0 unspecified atom stereocenters. The minimum Gasteiger partial charge on any atom is -0.463 e. The average molecular weight is 360 g/mol. The molecule has 4 rings (SSSR count). The molecule has 1 saturated carbocycles. The maximum Gasteiger partial charge on any atom is 0.317 e. The van der Waals surface area contributed by atoms with Crippen LogP contribution in [0.3, 0.4) is 0 Å². The Bertz CT molecular complexity index is 746. The van der Waals surface area contributed by atoms with E-state index in [1.54, 1.807) is 17.2 Å². The molecule has 2 aromatic rings. The van der Waals surface area contributed by atoms with Gasteiger partial charge < -0.3 is 20.0 Å². The monoisotopic (exact) mass is 360 g/mol. The molecule has 0 bridgehead atoms. The quantitative estimate of drug-likeness (QED) is 0.877. The molecule has 3 amide bonds. The minimum absolute atomic E-state index is 0.00405. The molecule has 3 heterocycles. The molecule has 2 fully saturated rings. The fourth-order valence-corrected chi connectivity index (χ4v) is 3.62. The van der Waals surface area contributed by atoms with E-state index in [4.69, 9.17) is 4.42 Å². The largest absolute Gasteiger partial charge is 0.463 e. The predicted molar refractivity (Wildman–Crippen MR) is 94.3 cm³/mol. The number of carbonyl (C=O) groups excluding carboxylic acids is 2. The SMILES string of the molecule is O=C(Nc1nc(-c2ccco2)cs1)C1CCN(C(=O)NC2CC2)CC1. The zero-order valence-corrected chi connectivity index (χ0v) is 14.6. The Kier molecular flexibility index (Phi) is 4.44. The van der Waals surface area contributed by atoms with Crippen LogP contribution < -0.4 is 10.6 Å². The van der Waals surface area contributed by atoms with Gasteiger partial charge in [-0.15, -0.1) is 11.3 Å². The van der Waals surface area contributed by atoms with Gasteiger partial charge in [-0.2, -0.15) is 0 Å². The van der Waals surface area contributed by atoms with Crippen LogP contribution in [0.15, 0.2) is 28.2 Å². The maximum atomic E-state index is 12.4. The van der Waals surface area contributed by atoms with Crippen molar-refractivity contribution < 1.29 is 14.0 Å². The molecular weight excluding hydrogens is 340 g/mol. The second kappa shape index (κ2) is 6.87. The van der Waals surface area contributed by atoms with Crippen LogP contribution in [0.1, 0.15) is 25.7 Å². The molecule has 1 aliphatic heterocycles. The van der Waals surface area contributed by atoms with E-state index < -0.39 is 0 Å². The Balaban J connectivity index is 1.28. The number of aromatic nitrogens is 1. The van der Waals surface area contributed by atoms with Crippen LogP contribution in [0.5, 0.6) is 0 Å². The summed E-state index contributed by atoms with van der Waals surface area (Å²) in [6.45, 7) is 1.23. The first kappa shape index (κ1) is 16.1. The molecule has 2 N–H and O–H groups in total. The number of hydrogen-bond donors (Lipinski definition) is 2. The molecular formula is C17H20N4O3S. The van der Waals surface area contributed by atoms with Crippen molar-refractivity contribution in [3.05, 3.63) is 23.8 Å². The number of thiazole rings is 1. The van der Waals surface area contributed by atoms with Crippen LogP contribution in [0.2, 0.25) is 0 Å². The number of likely N-dealkylation sites (tertiary alicyclic amines) is 1. The third kappa shape index (κ3) is 3.84. The standard InChI is InChI=1S/C17H20N4O3S/c22-15(20-16-19-13(10-25-16)14-2-1-9-24-14)11-5-7-21(8-6-11)17(23)18-12-3-4-12/h1-2,9-12H,3-8H2,(H,18,23)(H,19,20,22). The van der Waals surface area contributed by atoms with E-state index in [1.807, 2.05) is 11.4 Å². The van der Waals surface area contributed by atoms with Crippen molar-refractivity contribution in [2.75, 3.05) is 18.4 Å². The molecule has 7 nitrogen and oxygen atoms in total. The highest BCUT2D eigenvalue weighted by molar-refractivity contribution is 7.14. The van der Waals surface area contributed by atoms with Gasteiger partial charge in [-0.05, 0) is 37.8 Å². The van der Waals surface area contributed by atoms with E-state index in [0.717, 1.165) is 18.5 Å². The summed E-state index contributed by atoms with van der Waals surface area (Å²) >= 11 is 1.38. The molecule has 0 aromatic carbocycles. The first-order chi connectivity index (χ1) is 12.2. The average Bonchev–Trinajstić information content (AvgIpc) is 3.10. The predicted octanol–water partition coefficient (Wildman–Crippen LogP) is 2.93. The summed E-state index contributed by atoms with van der Waals surface area (Å²) in [7, 11) is 0. The number of nitrogens with one attached hydrogen (secondary N) is 2. The first-order valence-electron chi connectivity index (χ1n) is 8.55. The van der Waals surface area contributed by atoms with Gasteiger partial charge in [0.25, 0.3) is 0 Å². The van der Waals surface area contributed by atoms with Gasteiger partial charge in [0, 0.05) is 30.4 Å². The summed E-state index contributed by atoms with van der Waals surface area (Å²) in [4.78, 5) is 30.7. The van der Waals surface area contributed by atoms with Gasteiger partial charge in [0.1, 0.15) is 5.69 Å². The number of anilines is 1. The van der Waals surface area contributed by atoms with Crippen LogP contribution in [-0.4, -0.2) is 41.0 Å². The molecule has 2 aliphatic rings. The van der Waals surface area contributed by atoms with Crippen molar-refractivity contribution in [1.29, 1.82) is 0 Å². The van der Waals surface area contributed by atoms with Gasteiger partial charge in [0.2, 0.25) is 5.91 Å². The van der Waals surface area contributed by atoms with E-state index in [2.05, 4.69) is 15.6 Å². The van der Waals surface area contributed by atoms with E-state index in [9.17, 15) is 9.59 Å². The Labute approximate surface area is 149 Å². The smallest absolute Gasteiger partial charge is 0.317 e. The highest BCUT2D eigenvalue weighted by atomic mass is 32.1. The van der Waals surface area contributed by atoms with Gasteiger partial charge in [0.15, 0.2) is 10.9 Å². The third-order valence-electron chi connectivity index (χ3n) is 4.57. The Morgan fingerprint density at radius 3 is 2.72 bits per heavy atom. The molecule has 132 valence electrons. The van der Waals surface area contributed by atoms with Crippen molar-refractivity contribution >= 4 is 28.4 Å². The Morgan fingerprint density at radius 2 is 2.04 bits per heavy atom. The molecule has 0 radical (unpaired) electrons. The topological polar surface area (TPSA) is 87.5 Å². The molecule has 25 heavy (non-hydrogen) atoms. The number of nitrogens with zero attached hydrogens (tertiary/aromatic N) is 2. The summed E-state index contributed by atoms with van der Waals surface area (Å²) in [5.41, 5.74) is 0.719. The van der Waals surface area contributed by atoms with Crippen molar-refractivity contribution in [2.45, 2.75) is 31.7 Å². The molecule has 0 atom stereocenters. The summed E-state index contributed by atoms with van der Waals surface area (Å²) in [5, 5.41) is 8.32. The number of amides is 3. The third-order valence-corrected chi connectivity index (χ3v) is 5.32. The molecule has 0 spiro atoms. The van der Waals surface area contributed by atoms with Crippen LogP contribution in [0, 0.1) is 5.92 Å². The second-order valence-electron chi connectivity index (χ2n) is 6.49. The van der Waals surface area contributed by atoms with Crippen LogP contribution in [0.25, 0.3) is 11.5 Å². The van der Waals surface area contributed by atoms with Crippen molar-refractivity contribution in [3.63, 3.8) is 0 Å². The van der Waals surface area contributed by atoms with Crippen LogP contribution in [0.4, 0.5) is 9.93 Å². The van der Waals surface area contributed by atoms with Crippen LogP contribution in [-0.2, 0) is 4.79 Å². The van der Waals surface area contributed by atoms with Gasteiger partial charge in [-0.25, -0.2) is 9.78 Å². The Hall–Kier alpha value is -2.35. The number of piperidine rings is 1. The zero-order chi connectivity index (χ0) is 17.2. The van der Waals surface area contributed by atoms with Crippen LogP contribution >= 0.6 is 11.3 Å². The van der Waals surface area contributed by atoms with E-state index in [1.165, 1.54) is 11.3 Å². The maximum absolute atomic E-state index is 12.4. The molecule has 1 saturated heterocycles. The Morgan fingerprint density at radius 1 is 1.24 bits per heavy atom. The van der Waals surface area contributed by atoms with E-state index >= 15 is 0 Å². The molecule has 1 aliphatic carbocycles. The van der Waals surface area contributed by atoms with Gasteiger partial charge in [-0.1, -0.05) is 0 Å². The lowest BCUT2D eigenvalue weighted by Crippen LogP contribution is -2.46. The first-order valence-corrected chi connectivity index (χ1v) is 9.43. The fourth-order valence-electron chi connectivity index (χ4n) is 2.91. The lowest BCUT2D eigenvalue weighted by Gasteiger charge is -2.31. The summed E-state index contributed by atoms with van der Waals surface area (Å²) < 4.78 is 5.31. The highest BCUT2D eigenvalue weighted by Gasteiger charge is 2.30. The number of rotatable bonds is 4. The lowest BCUT2D eigenvalue weighted by atomic mass is 9.96. The van der Waals surface area contributed by atoms with Gasteiger partial charge in [0.05, 0.1) is 6.26 Å². The van der Waals surface area contributed by atoms with E-state index in [0.29, 0.717) is 42.9 Å². The summed E-state index contributed by atoms with van der Waals surface area (Å²) in [6, 6.07) is 4.01.